The molecule has 5 rings (SSSR count). The molecule has 2 aliphatic heterocycles. The number of imide groups is 1. The molecule has 0 saturated carbocycles. The average molecular weight is 483 g/mol. The fourth-order valence-corrected chi connectivity index (χ4v) is 6.85. The molecule has 2 aromatic carbocycles. The van der Waals surface area contributed by atoms with Crippen LogP contribution in [-0.2, 0) is 9.59 Å². The van der Waals surface area contributed by atoms with Crippen molar-refractivity contribution in [2.24, 2.45) is 5.92 Å². The normalized spacial score (nSPS) is 21.6. The lowest BCUT2D eigenvalue weighted by atomic mass is 9.83. The van der Waals surface area contributed by atoms with E-state index in [4.69, 9.17) is 0 Å². The van der Waals surface area contributed by atoms with Gasteiger partial charge in [0.2, 0.25) is 11.8 Å². The minimum atomic E-state index is -0.705. The van der Waals surface area contributed by atoms with Crippen LogP contribution in [0.5, 0.6) is 0 Å². The number of non-ortho nitro benzene ring substituents is 1. The van der Waals surface area contributed by atoms with Gasteiger partial charge in [0.05, 0.1) is 21.6 Å². The van der Waals surface area contributed by atoms with Crippen molar-refractivity contribution < 1.29 is 14.5 Å². The number of hydrogen-bond donors (Lipinski definition) is 1. The van der Waals surface area contributed by atoms with E-state index >= 15 is 0 Å². The second-order valence-corrected chi connectivity index (χ2v) is 10.2. The molecule has 1 saturated heterocycles. The number of carbonyl (C=O) groups excluding carboxylic acids is 2. The smallest absolute Gasteiger partial charge is 0.305 e. The summed E-state index contributed by atoms with van der Waals surface area (Å²) >= 11 is 2.26. The molecular weight excluding hydrogens is 464 g/mol. The Kier molecular flexibility index (Phi) is 5.09. The maximum Gasteiger partial charge on any atom is 0.305 e. The zero-order valence-corrected chi connectivity index (χ0v) is 19.2. The van der Waals surface area contributed by atoms with Crippen molar-refractivity contribution in [3.63, 3.8) is 0 Å². The van der Waals surface area contributed by atoms with Crippen LogP contribution < -0.4 is 14.7 Å². The molecule has 3 atom stereocenters. The lowest BCUT2D eigenvalue weighted by molar-refractivity contribution is -0.384. The van der Waals surface area contributed by atoms with Crippen LogP contribution in [0.4, 0.5) is 17.1 Å². The lowest BCUT2D eigenvalue weighted by Gasteiger charge is -2.30. The highest BCUT2D eigenvalue weighted by Gasteiger charge is 2.56. The Hall–Kier alpha value is -3.44. The summed E-state index contributed by atoms with van der Waals surface area (Å²) in [5.41, 5.74) is 2.01. The standard InChI is InChI=1S/C22H18N4O5S2/c1-24(2)12-5-3-11(4-6-12)15-16-18(32-19-17(15)33-22(29)23-19)21(28)25(20(16)27)13-7-9-14(10-8-13)26(30)31/h3-10,15-16,18H,1-2H3,(H,23,29). The molecule has 0 spiro atoms. The first-order valence-electron chi connectivity index (χ1n) is 10.1. The number of nitrogens with one attached hydrogen (secondary N) is 1. The number of fused-ring (bicyclic) bond motifs is 2. The highest BCUT2D eigenvalue weighted by molar-refractivity contribution is 8.00. The van der Waals surface area contributed by atoms with Gasteiger partial charge < -0.3 is 9.88 Å². The fraction of sp³-hybridized carbons (Fsp3) is 0.227. The number of nitro benzene ring substituents is 1. The zero-order chi connectivity index (χ0) is 23.4. The Morgan fingerprint density at radius 3 is 2.27 bits per heavy atom. The van der Waals surface area contributed by atoms with Crippen LogP contribution >= 0.6 is 23.1 Å². The van der Waals surface area contributed by atoms with Crippen molar-refractivity contribution >= 4 is 52.0 Å². The molecular formula is C22H18N4O5S2. The number of hydrogen-bond acceptors (Lipinski definition) is 8. The van der Waals surface area contributed by atoms with Gasteiger partial charge in [0, 0.05) is 42.7 Å². The third-order valence-electron chi connectivity index (χ3n) is 5.91. The predicted octanol–water partition coefficient (Wildman–Crippen LogP) is 3.21. The zero-order valence-electron chi connectivity index (χ0n) is 17.6. The third-order valence-corrected chi connectivity index (χ3v) is 8.31. The molecule has 1 aromatic heterocycles. The summed E-state index contributed by atoms with van der Waals surface area (Å²) in [5, 5.41) is 10.9. The Morgan fingerprint density at radius 1 is 1.00 bits per heavy atom. The summed E-state index contributed by atoms with van der Waals surface area (Å²) in [6.45, 7) is 0. The molecule has 3 heterocycles. The van der Waals surface area contributed by atoms with Crippen molar-refractivity contribution in [1.82, 2.24) is 4.98 Å². The highest BCUT2D eigenvalue weighted by Crippen LogP contribution is 2.53. The van der Waals surface area contributed by atoms with Crippen LogP contribution in [0.3, 0.4) is 0 Å². The number of thioether (sulfide) groups is 1. The van der Waals surface area contributed by atoms with E-state index in [1.54, 1.807) is 0 Å². The van der Waals surface area contributed by atoms with E-state index in [1.165, 1.54) is 36.0 Å². The van der Waals surface area contributed by atoms with Crippen LogP contribution in [0.15, 0.2) is 58.4 Å². The molecule has 1 N–H and O–H groups in total. The number of H-pyrrole nitrogens is 1. The number of aromatic nitrogens is 1. The molecule has 168 valence electrons. The first-order valence-corrected chi connectivity index (χ1v) is 11.7. The van der Waals surface area contributed by atoms with Crippen LogP contribution in [0.2, 0.25) is 0 Å². The molecule has 0 aliphatic carbocycles. The largest absolute Gasteiger partial charge is 0.378 e. The van der Waals surface area contributed by atoms with Gasteiger partial charge >= 0.3 is 4.87 Å². The summed E-state index contributed by atoms with van der Waals surface area (Å²) in [6, 6.07) is 13.1. The van der Waals surface area contributed by atoms with Crippen molar-refractivity contribution in [2.75, 3.05) is 23.9 Å². The van der Waals surface area contributed by atoms with E-state index in [1.807, 2.05) is 43.3 Å². The van der Waals surface area contributed by atoms with Gasteiger partial charge in [-0.1, -0.05) is 35.2 Å². The fourth-order valence-electron chi connectivity index (χ4n) is 4.33. The van der Waals surface area contributed by atoms with E-state index in [0.717, 1.165) is 32.4 Å². The Morgan fingerprint density at radius 2 is 1.67 bits per heavy atom. The van der Waals surface area contributed by atoms with Gasteiger partial charge in [-0.25, -0.2) is 4.90 Å². The molecule has 2 amide bonds. The maximum absolute atomic E-state index is 13.6. The molecule has 0 bridgehead atoms. The topological polar surface area (TPSA) is 117 Å². The van der Waals surface area contributed by atoms with Gasteiger partial charge in [0.1, 0.15) is 5.25 Å². The van der Waals surface area contributed by atoms with Crippen LogP contribution in [0.25, 0.3) is 0 Å². The van der Waals surface area contributed by atoms with Gasteiger partial charge in [0.25, 0.3) is 5.69 Å². The van der Waals surface area contributed by atoms with E-state index < -0.39 is 27.9 Å². The number of benzene rings is 2. The van der Waals surface area contributed by atoms with Crippen molar-refractivity contribution in [2.45, 2.75) is 16.2 Å². The highest BCUT2D eigenvalue weighted by atomic mass is 32.2. The summed E-state index contributed by atoms with van der Waals surface area (Å²) in [7, 11) is 3.86. The summed E-state index contributed by atoms with van der Waals surface area (Å²) in [6.07, 6.45) is 0. The van der Waals surface area contributed by atoms with E-state index in [-0.39, 0.29) is 16.5 Å². The van der Waals surface area contributed by atoms with E-state index in [2.05, 4.69) is 4.98 Å². The van der Waals surface area contributed by atoms with Crippen LogP contribution in [0.1, 0.15) is 16.4 Å². The average Bonchev–Trinajstić information content (AvgIpc) is 3.28. The molecule has 11 heteroatoms. The lowest BCUT2D eigenvalue weighted by Crippen LogP contribution is -2.32. The number of anilines is 2. The van der Waals surface area contributed by atoms with Gasteiger partial charge in [-0.3, -0.25) is 24.5 Å². The minimum Gasteiger partial charge on any atom is -0.378 e. The summed E-state index contributed by atoms with van der Waals surface area (Å²) < 4.78 is 0. The molecule has 2 aliphatic rings. The number of rotatable bonds is 4. The first kappa shape index (κ1) is 21.4. The number of carbonyl (C=O) groups is 2. The molecule has 33 heavy (non-hydrogen) atoms. The van der Waals surface area contributed by atoms with Crippen LogP contribution in [-0.4, -0.2) is 41.1 Å². The van der Waals surface area contributed by atoms with Crippen molar-refractivity contribution in [3.05, 3.63) is 78.8 Å². The van der Waals surface area contributed by atoms with Gasteiger partial charge in [0.15, 0.2) is 0 Å². The SMILES string of the molecule is CN(C)c1ccc(C2c3sc(=O)[nH]c3SC3C(=O)N(c4ccc([N+](=O)[O-])cc4)C(=O)C32)cc1. The van der Waals surface area contributed by atoms with Crippen LogP contribution in [0, 0.1) is 16.0 Å². The van der Waals surface area contributed by atoms with E-state index in [0.29, 0.717) is 10.7 Å². The molecule has 3 aromatic rings. The van der Waals surface area contributed by atoms with E-state index in [9.17, 15) is 24.5 Å². The Balaban J connectivity index is 1.59. The molecule has 0 radical (unpaired) electrons. The van der Waals surface area contributed by atoms with Crippen molar-refractivity contribution in [3.8, 4) is 0 Å². The minimum absolute atomic E-state index is 0.122. The monoisotopic (exact) mass is 482 g/mol. The maximum atomic E-state index is 13.6. The molecule has 9 nitrogen and oxygen atoms in total. The summed E-state index contributed by atoms with van der Waals surface area (Å²) in [5.74, 6) is -1.91. The second-order valence-electron chi connectivity index (χ2n) is 8.02. The Bertz CT molecular complexity index is 1330. The number of nitro groups is 1. The van der Waals surface area contributed by atoms with Gasteiger partial charge in [-0.2, -0.15) is 0 Å². The second kappa shape index (κ2) is 7.85. The number of thiazole rings is 1. The molecule has 3 unspecified atom stereocenters. The quantitative estimate of drug-likeness (QED) is 0.345. The Labute approximate surface area is 196 Å². The third kappa shape index (κ3) is 3.44. The predicted molar refractivity (Wildman–Crippen MR) is 126 cm³/mol. The molecule has 1 fully saturated rings. The number of aromatic amines is 1. The number of nitrogens with zero attached hydrogens (tertiary/aromatic N) is 3. The van der Waals surface area contributed by atoms with Gasteiger partial charge in [-0.05, 0) is 29.8 Å². The summed E-state index contributed by atoms with van der Waals surface area (Å²) in [4.78, 5) is 56.0. The number of amides is 2. The first-order chi connectivity index (χ1) is 15.8. The van der Waals surface area contributed by atoms with Gasteiger partial charge in [-0.15, -0.1) is 0 Å². The van der Waals surface area contributed by atoms with Crippen molar-refractivity contribution in [1.29, 1.82) is 0 Å².